The number of carbonyl (C=O) groups is 2. The Bertz CT molecular complexity index is 933. The number of cyclic esters (lactones) is 1. The maximum absolute atomic E-state index is 12.7. The van der Waals surface area contributed by atoms with E-state index in [0.717, 1.165) is 31.4 Å². The van der Waals surface area contributed by atoms with E-state index in [0.29, 0.717) is 18.4 Å². The van der Waals surface area contributed by atoms with Crippen molar-refractivity contribution in [3.05, 3.63) is 65.8 Å². The lowest BCUT2D eigenvalue weighted by molar-refractivity contribution is -0.143. The third-order valence-electron chi connectivity index (χ3n) is 6.10. The number of hydrogen-bond acceptors (Lipinski definition) is 5. The summed E-state index contributed by atoms with van der Waals surface area (Å²) in [6.45, 7) is 1.84. The second-order valence-corrected chi connectivity index (χ2v) is 8.77. The molecule has 0 amide bonds. The number of esters is 2. The Morgan fingerprint density at radius 3 is 2.62 bits per heavy atom. The maximum atomic E-state index is 12.7. The molecule has 5 atom stereocenters. The normalized spacial score (nSPS) is 29.4. The minimum Gasteiger partial charge on any atom is -0.460 e. The average molecular weight is 479 g/mol. The van der Waals surface area contributed by atoms with E-state index in [1.807, 2.05) is 13.0 Å². The third-order valence-corrected chi connectivity index (χ3v) is 6.10. The lowest BCUT2D eigenvalue weighted by atomic mass is 9.90. The summed E-state index contributed by atoms with van der Waals surface area (Å²) in [5.74, 6) is -1.35. The van der Waals surface area contributed by atoms with Gasteiger partial charge in [-0.15, -0.1) is 0 Å². The van der Waals surface area contributed by atoms with E-state index >= 15 is 0 Å². The van der Waals surface area contributed by atoms with Crippen LogP contribution in [0.3, 0.4) is 0 Å². The zero-order chi connectivity index (χ0) is 24.7. The van der Waals surface area contributed by atoms with Crippen LogP contribution in [0.15, 0.2) is 54.6 Å². The van der Waals surface area contributed by atoms with Crippen LogP contribution in [0.5, 0.6) is 0 Å². The topological polar surface area (TPSA) is 72.8 Å². The smallest absolute Gasteiger partial charge is 0.416 e. The molecule has 1 aromatic carbocycles. The fourth-order valence-corrected chi connectivity index (χ4v) is 4.32. The highest BCUT2D eigenvalue weighted by Crippen LogP contribution is 2.38. The summed E-state index contributed by atoms with van der Waals surface area (Å²) in [7, 11) is 0. The number of alkyl halides is 3. The Balaban J connectivity index is 1.61. The van der Waals surface area contributed by atoms with Gasteiger partial charge in [-0.2, -0.15) is 13.2 Å². The van der Waals surface area contributed by atoms with Crippen molar-refractivity contribution in [2.45, 2.75) is 63.5 Å². The summed E-state index contributed by atoms with van der Waals surface area (Å²) in [5.41, 5.74) is -0.317. The van der Waals surface area contributed by atoms with Crippen molar-refractivity contribution in [3.8, 4) is 0 Å². The molecule has 34 heavy (non-hydrogen) atoms. The second kappa shape index (κ2) is 11.5. The highest BCUT2D eigenvalue weighted by Gasteiger charge is 2.38. The van der Waals surface area contributed by atoms with Gasteiger partial charge in [0.05, 0.1) is 17.8 Å². The minimum absolute atomic E-state index is 0.0226. The Morgan fingerprint density at radius 2 is 1.91 bits per heavy atom. The van der Waals surface area contributed by atoms with Gasteiger partial charge in [0, 0.05) is 12.2 Å². The fraction of sp³-hybridized carbons (Fsp3) is 0.462. The quantitative estimate of drug-likeness (QED) is 0.365. The number of benzene rings is 1. The first-order valence-corrected chi connectivity index (χ1v) is 11.4. The van der Waals surface area contributed by atoms with Crippen LogP contribution in [-0.2, 0) is 25.2 Å². The molecule has 0 radical (unpaired) electrons. The van der Waals surface area contributed by atoms with Crippen molar-refractivity contribution in [2.75, 3.05) is 0 Å². The number of aliphatic hydroxyl groups excluding tert-OH is 1. The van der Waals surface area contributed by atoms with E-state index in [4.69, 9.17) is 9.47 Å². The van der Waals surface area contributed by atoms with Crippen molar-refractivity contribution in [1.82, 2.24) is 0 Å². The molecule has 1 N–H and O–H groups in total. The molecule has 0 saturated heterocycles. The Kier molecular flexibility index (Phi) is 8.72. The van der Waals surface area contributed by atoms with Crippen LogP contribution in [-0.4, -0.2) is 35.4 Å². The molecule has 8 heteroatoms. The molecular formula is C26H29F3O5. The maximum Gasteiger partial charge on any atom is 0.416 e. The molecule has 3 rings (SSSR count). The van der Waals surface area contributed by atoms with E-state index in [9.17, 15) is 27.9 Å². The number of allylic oxidation sites excluding steroid dienone is 2. The number of halogens is 3. The van der Waals surface area contributed by atoms with Crippen LogP contribution >= 0.6 is 0 Å². The monoisotopic (exact) mass is 478 g/mol. The average Bonchev–Trinajstić information content (AvgIpc) is 3.17. The van der Waals surface area contributed by atoms with Crippen LogP contribution < -0.4 is 0 Å². The highest BCUT2D eigenvalue weighted by atomic mass is 19.4. The summed E-state index contributed by atoms with van der Waals surface area (Å²) in [5, 5.41) is 10.6. The van der Waals surface area contributed by atoms with Crippen molar-refractivity contribution < 1.29 is 37.3 Å². The molecule has 2 aliphatic rings. The van der Waals surface area contributed by atoms with Gasteiger partial charge < -0.3 is 14.6 Å². The Morgan fingerprint density at radius 1 is 1.18 bits per heavy atom. The first kappa shape index (κ1) is 25.7. The summed E-state index contributed by atoms with van der Waals surface area (Å²) < 4.78 is 48.8. The standard InChI is InChI=1S/C26H29F3O5/c1-17-5-3-2-4-6-19-15-21(16-22(19)23(30)12-14-24(31)33-17)34-25(32)13-9-18-7-10-20(11-8-18)26(27,28)29/h4,6-14,17,19,21-23,30H,2-3,5,15-16H2,1H3/b6-4+,13-9+,14-12?/t17-,19+,21-,22+,23+/m0/s1. The van der Waals surface area contributed by atoms with Gasteiger partial charge in [0.2, 0.25) is 0 Å². The first-order chi connectivity index (χ1) is 16.1. The molecule has 1 aliphatic heterocycles. The van der Waals surface area contributed by atoms with Gasteiger partial charge in [-0.3, -0.25) is 0 Å². The molecule has 1 heterocycles. The summed E-state index contributed by atoms with van der Waals surface area (Å²) in [4.78, 5) is 24.2. The second-order valence-electron chi connectivity index (χ2n) is 8.77. The third kappa shape index (κ3) is 7.58. The molecule has 0 unspecified atom stereocenters. The van der Waals surface area contributed by atoms with Crippen molar-refractivity contribution in [2.24, 2.45) is 11.8 Å². The lowest BCUT2D eigenvalue weighted by Gasteiger charge is -2.19. The summed E-state index contributed by atoms with van der Waals surface area (Å²) in [6.07, 6.45) is 6.78. The van der Waals surface area contributed by atoms with Crippen molar-refractivity contribution in [3.63, 3.8) is 0 Å². The Labute approximate surface area is 196 Å². The first-order valence-electron chi connectivity index (χ1n) is 11.4. The Hall–Kier alpha value is -2.87. The molecule has 0 bridgehead atoms. The molecule has 0 spiro atoms. The van der Waals surface area contributed by atoms with Crippen LogP contribution in [0.2, 0.25) is 0 Å². The van der Waals surface area contributed by atoms with Crippen LogP contribution in [0, 0.1) is 11.8 Å². The highest BCUT2D eigenvalue weighted by molar-refractivity contribution is 5.87. The van der Waals surface area contributed by atoms with Gasteiger partial charge >= 0.3 is 18.1 Å². The predicted molar refractivity (Wildman–Crippen MR) is 120 cm³/mol. The molecule has 1 saturated carbocycles. The predicted octanol–water partition coefficient (Wildman–Crippen LogP) is 5.25. The number of fused-ring (bicyclic) bond motifs is 1. The molecule has 184 valence electrons. The van der Waals surface area contributed by atoms with E-state index in [1.165, 1.54) is 36.4 Å². The minimum atomic E-state index is -4.42. The van der Waals surface area contributed by atoms with E-state index in [2.05, 4.69) is 6.08 Å². The zero-order valence-corrected chi connectivity index (χ0v) is 18.9. The van der Waals surface area contributed by atoms with Crippen LogP contribution in [0.25, 0.3) is 6.08 Å². The van der Waals surface area contributed by atoms with Crippen LogP contribution in [0.4, 0.5) is 13.2 Å². The van der Waals surface area contributed by atoms with E-state index < -0.39 is 35.9 Å². The fourth-order valence-electron chi connectivity index (χ4n) is 4.32. The number of hydrogen-bond donors (Lipinski definition) is 1. The number of rotatable bonds is 3. The van der Waals surface area contributed by atoms with E-state index in [1.54, 1.807) is 0 Å². The zero-order valence-electron chi connectivity index (χ0n) is 18.9. The number of aliphatic hydroxyl groups is 1. The largest absolute Gasteiger partial charge is 0.460 e. The van der Waals surface area contributed by atoms with Crippen molar-refractivity contribution in [1.29, 1.82) is 0 Å². The van der Waals surface area contributed by atoms with Gasteiger partial charge in [0.15, 0.2) is 0 Å². The molecule has 1 aromatic rings. The van der Waals surface area contributed by atoms with Crippen LogP contribution in [0.1, 0.15) is 50.2 Å². The molecule has 5 nitrogen and oxygen atoms in total. The SMILES string of the molecule is C[C@H]1CCC/C=C/[C@@H]2C[C@H](OC(=O)/C=C/c3ccc(C(F)(F)F)cc3)C[C@H]2[C@H](O)C=CC(=O)O1. The summed E-state index contributed by atoms with van der Waals surface area (Å²) >= 11 is 0. The molecule has 0 aromatic heterocycles. The van der Waals surface area contributed by atoms with E-state index in [-0.39, 0.29) is 17.9 Å². The molecular weight excluding hydrogens is 449 g/mol. The lowest BCUT2D eigenvalue weighted by Crippen LogP contribution is -2.22. The van der Waals surface area contributed by atoms with Gasteiger partial charge in [-0.25, -0.2) is 9.59 Å². The summed E-state index contributed by atoms with van der Waals surface area (Å²) in [6, 6.07) is 4.46. The van der Waals surface area contributed by atoms with Gasteiger partial charge in [-0.05, 0) is 80.7 Å². The molecule has 1 aliphatic carbocycles. The number of carbonyl (C=O) groups excluding carboxylic acids is 2. The van der Waals surface area contributed by atoms with Crippen molar-refractivity contribution >= 4 is 18.0 Å². The van der Waals surface area contributed by atoms with Gasteiger partial charge in [0.25, 0.3) is 0 Å². The number of ether oxygens (including phenoxy) is 2. The van der Waals surface area contributed by atoms with Gasteiger partial charge in [0.1, 0.15) is 6.10 Å². The van der Waals surface area contributed by atoms with Gasteiger partial charge in [-0.1, -0.05) is 24.3 Å². The molecule has 1 fully saturated rings.